The van der Waals surface area contributed by atoms with E-state index in [1.165, 1.54) is 0 Å². The van der Waals surface area contributed by atoms with Crippen molar-refractivity contribution >= 4 is 5.91 Å². The van der Waals surface area contributed by atoms with Crippen molar-refractivity contribution < 1.29 is 13.9 Å². The highest BCUT2D eigenvalue weighted by Crippen LogP contribution is 2.34. The Morgan fingerprint density at radius 3 is 2.82 bits per heavy atom. The van der Waals surface area contributed by atoms with Gasteiger partial charge in [0.2, 0.25) is 11.8 Å². The van der Waals surface area contributed by atoms with Crippen LogP contribution in [0, 0.1) is 0 Å². The molecule has 0 saturated carbocycles. The third-order valence-corrected chi connectivity index (χ3v) is 5.53. The average Bonchev–Trinajstić information content (AvgIpc) is 3.40. The molecule has 1 amide bonds. The van der Waals surface area contributed by atoms with Crippen LogP contribution in [0.4, 0.5) is 0 Å². The first-order valence-corrected chi connectivity index (χ1v) is 10.1. The van der Waals surface area contributed by atoms with E-state index in [0.29, 0.717) is 11.8 Å². The minimum Gasteiger partial charge on any atom is -0.421 e. The maximum atomic E-state index is 12.3. The molecule has 4 rings (SSSR count). The second-order valence-corrected chi connectivity index (χ2v) is 7.86. The lowest BCUT2D eigenvalue weighted by atomic mass is 10.0. The Balaban J connectivity index is 1.50. The van der Waals surface area contributed by atoms with Gasteiger partial charge in [0.15, 0.2) is 0 Å². The zero-order valence-electron chi connectivity index (χ0n) is 16.6. The summed E-state index contributed by atoms with van der Waals surface area (Å²) < 4.78 is 11.7. The molecular formula is C21H28N4O3. The number of carbonyl (C=O) groups is 1. The molecule has 2 aliphatic heterocycles. The van der Waals surface area contributed by atoms with Crippen LogP contribution in [0.15, 0.2) is 28.7 Å². The SMILES string of the molecule is CN(C)C(=O)c1cccc(CN2CCCCC2c2nnc([C@H]3CCCO3)o2)c1. The third-order valence-electron chi connectivity index (χ3n) is 5.53. The number of amides is 1. The average molecular weight is 384 g/mol. The number of ether oxygens (including phenoxy) is 1. The van der Waals surface area contributed by atoms with Gasteiger partial charge in [0, 0.05) is 32.8 Å². The van der Waals surface area contributed by atoms with Crippen LogP contribution in [-0.2, 0) is 11.3 Å². The predicted molar refractivity (Wildman–Crippen MR) is 104 cm³/mol. The van der Waals surface area contributed by atoms with Crippen LogP contribution >= 0.6 is 0 Å². The fourth-order valence-electron chi connectivity index (χ4n) is 4.04. The Morgan fingerprint density at radius 1 is 1.18 bits per heavy atom. The van der Waals surface area contributed by atoms with Gasteiger partial charge in [0.05, 0.1) is 6.04 Å². The van der Waals surface area contributed by atoms with Crippen molar-refractivity contribution in [3.05, 3.63) is 47.2 Å². The van der Waals surface area contributed by atoms with Crippen LogP contribution in [-0.4, -0.2) is 53.2 Å². The summed E-state index contributed by atoms with van der Waals surface area (Å²) in [5, 5.41) is 8.60. The number of piperidine rings is 1. The third kappa shape index (κ3) is 4.10. The molecule has 0 aliphatic carbocycles. The second-order valence-electron chi connectivity index (χ2n) is 7.86. The van der Waals surface area contributed by atoms with E-state index >= 15 is 0 Å². The van der Waals surface area contributed by atoms with Crippen molar-refractivity contribution in [1.82, 2.24) is 20.0 Å². The van der Waals surface area contributed by atoms with Crippen molar-refractivity contribution in [3.63, 3.8) is 0 Å². The van der Waals surface area contributed by atoms with Gasteiger partial charge < -0.3 is 14.1 Å². The molecule has 7 heteroatoms. The van der Waals surface area contributed by atoms with Crippen molar-refractivity contribution in [2.24, 2.45) is 0 Å². The van der Waals surface area contributed by atoms with Crippen molar-refractivity contribution in [2.75, 3.05) is 27.2 Å². The van der Waals surface area contributed by atoms with E-state index in [4.69, 9.17) is 9.15 Å². The molecule has 28 heavy (non-hydrogen) atoms. The fourth-order valence-corrected chi connectivity index (χ4v) is 4.04. The number of nitrogens with zero attached hydrogens (tertiary/aromatic N) is 4. The lowest BCUT2D eigenvalue weighted by Gasteiger charge is -2.33. The van der Waals surface area contributed by atoms with E-state index in [2.05, 4.69) is 21.2 Å². The largest absolute Gasteiger partial charge is 0.421 e. The lowest BCUT2D eigenvalue weighted by molar-refractivity contribution is 0.0794. The van der Waals surface area contributed by atoms with Gasteiger partial charge in [0.1, 0.15) is 6.10 Å². The van der Waals surface area contributed by atoms with E-state index in [9.17, 15) is 4.79 Å². The summed E-state index contributed by atoms with van der Waals surface area (Å²) in [6, 6.07) is 7.99. The van der Waals surface area contributed by atoms with Crippen LogP contribution in [0.1, 0.15) is 72.0 Å². The topological polar surface area (TPSA) is 71.7 Å². The minimum atomic E-state index is -0.0491. The Morgan fingerprint density at radius 2 is 2.04 bits per heavy atom. The number of hydrogen-bond donors (Lipinski definition) is 0. The van der Waals surface area contributed by atoms with Gasteiger partial charge in [0.25, 0.3) is 5.91 Å². The highest BCUT2D eigenvalue weighted by Gasteiger charge is 2.31. The van der Waals surface area contributed by atoms with Gasteiger partial charge in [-0.1, -0.05) is 18.6 Å². The van der Waals surface area contributed by atoms with E-state index in [1.54, 1.807) is 19.0 Å². The zero-order chi connectivity index (χ0) is 19.5. The van der Waals surface area contributed by atoms with Gasteiger partial charge in [-0.05, 0) is 49.9 Å². The minimum absolute atomic E-state index is 0.0233. The molecule has 0 bridgehead atoms. The van der Waals surface area contributed by atoms with Gasteiger partial charge in [-0.15, -0.1) is 10.2 Å². The monoisotopic (exact) mass is 384 g/mol. The number of carbonyl (C=O) groups excluding carboxylic acids is 1. The Labute approximate surface area is 165 Å². The van der Waals surface area contributed by atoms with Crippen LogP contribution in [0.25, 0.3) is 0 Å². The van der Waals surface area contributed by atoms with Crippen LogP contribution in [0.2, 0.25) is 0 Å². The molecule has 1 aromatic carbocycles. The molecule has 7 nitrogen and oxygen atoms in total. The van der Waals surface area contributed by atoms with E-state index in [0.717, 1.165) is 62.9 Å². The summed E-state index contributed by atoms with van der Waals surface area (Å²) in [7, 11) is 3.55. The maximum Gasteiger partial charge on any atom is 0.253 e. The summed E-state index contributed by atoms with van der Waals surface area (Å²) in [6.07, 6.45) is 5.25. The summed E-state index contributed by atoms with van der Waals surface area (Å²) >= 11 is 0. The molecule has 2 aromatic rings. The molecule has 2 fully saturated rings. The Kier molecular flexibility index (Phi) is 5.73. The summed E-state index contributed by atoms with van der Waals surface area (Å²) in [4.78, 5) is 16.3. The number of likely N-dealkylation sites (tertiary alicyclic amines) is 1. The van der Waals surface area contributed by atoms with Crippen LogP contribution < -0.4 is 0 Å². The molecule has 0 spiro atoms. The van der Waals surface area contributed by atoms with Crippen molar-refractivity contribution in [2.45, 2.75) is 50.8 Å². The fraction of sp³-hybridized carbons (Fsp3) is 0.571. The quantitative estimate of drug-likeness (QED) is 0.787. The molecule has 2 saturated heterocycles. The van der Waals surface area contributed by atoms with Crippen molar-refractivity contribution in [1.29, 1.82) is 0 Å². The second kappa shape index (κ2) is 8.41. The van der Waals surface area contributed by atoms with Gasteiger partial charge in [-0.2, -0.15) is 0 Å². The van der Waals surface area contributed by atoms with Gasteiger partial charge >= 0.3 is 0 Å². The predicted octanol–water partition coefficient (Wildman–Crippen LogP) is 3.35. The molecule has 2 atom stereocenters. The van der Waals surface area contributed by atoms with Gasteiger partial charge in [-0.25, -0.2) is 0 Å². The molecule has 0 radical (unpaired) electrons. The van der Waals surface area contributed by atoms with E-state index < -0.39 is 0 Å². The summed E-state index contributed by atoms with van der Waals surface area (Å²) in [6.45, 7) is 2.50. The molecule has 3 heterocycles. The highest BCUT2D eigenvalue weighted by atomic mass is 16.5. The number of rotatable bonds is 5. The molecule has 2 aliphatic rings. The first-order chi connectivity index (χ1) is 13.6. The maximum absolute atomic E-state index is 12.3. The van der Waals surface area contributed by atoms with Crippen LogP contribution in [0.3, 0.4) is 0 Å². The number of aromatic nitrogens is 2. The molecule has 1 aromatic heterocycles. The normalized spacial score (nSPS) is 23.1. The molecule has 0 N–H and O–H groups in total. The van der Waals surface area contributed by atoms with Crippen LogP contribution in [0.5, 0.6) is 0 Å². The van der Waals surface area contributed by atoms with Gasteiger partial charge in [-0.3, -0.25) is 9.69 Å². The molecule has 1 unspecified atom stereocenters. The smallest absolute Gasteiger partial charge is 0.253 e. The Bertz CT molecular complexity index is 813. The first kappa shape index (κ1) is 19.1. The summed E-state index contributed by atoms with van der Waals surface area (Å²) in [5.41, 5.74) is 1.84. The number of benzene rings is 1. The standard InChI is InChI=1S/C21H28N4O3/c1-24(2)21(26)16-8-5-7-15(13-16)14-25-11-4-3-9-17(25)19-22-23-20(28-19)18-10-6-12-27-18/h5,7-8,13,17-18H,3-4,6,9-12,14H2,1-2H3/t17?,18-/m1/s1. The van der Waals surface area contributed by atoms with E-state index in [-0.39, 0.29) is 18.1 Å². The van der Waals surface area contributed by atoms with Crippen molar-refractivity contribution in [3.8, 4) is 0 Å². The first-order valence-electron chi connectivity index (χ1n) is 10.1. The molecule has 150 valence electrons. The number of hydrogen-bond acceptors (Lipinski definition) is 6. The Hall–Kier alpha value is -2.25. The zero-order valence-corrected chi connectivity index (χ0v) is 16.6. The van der Waals surface area contributed by atoms with E-state index in [1.807, 2.05) is 18.2 Å². The highest BCUT2D eigenvalue weighted by molar-refractivity contribution is 5.94. The lowest BCUT2D eigenvalue weighted by Crippen LogP contribution is -2.33. The molecular weight excluding hydrogens is 356 g/mol. The summed E-state index contributed by atoms with van der Waals surface area (Å²) in [5.74, 6) is 1.32.